The average molecular weight is 329 g/mol. The fraction of sp³-hybridized carbons (Fsp3) is 0.444. The average Bonchev–Trinajstić information content (AvgIpc) is 2.96. The van der Waals surface area contributed by atoms with Crippen molar-refractivity contribution in [1.29, 1.82) is 0 Å². The van der Waals surface area contributed by atoms with Gasteiger partial charge in [0, 0.05) is 23.6 Å². The molecular weight excluding hydrogens is 306 g/mol. The molecule has 2 heterocycles. The van der Waals surface area contributed by atoms with Gasteiger partial charge in [-0.15, -0.1) is 0 Å². The van der Waals surface area contributed by atoms with Gasteiger partial charge in [0.15, 0.2) is 0 Å². The number of nitrogens with two attached hydrogens (primary N) is 1. The molecule has 0 bridgehead atoms. The van der Waals surface area contributed by atoms with E-state index >= 15 is 0 Å². The number of rotatable bonds is 4. The van der Waals surface area contributed by atoms with Crippen molar-refractivity contribution < 1.29 is 14.3 Å². The van der Waals surface area contributed by atoms with E-state index in [0.29, 0.717) is 18.9 Å². The maximum Gasteiger partial charge on any atom is 0.243 e. The lowest BCUT2D eigenvalue weighted by Crippen LogP contribution is -2.52. The molecule has 1 fully saturated rings. The number of fused-ring (bicyclic) bond motifs is 1. The van der Waals surface area contributed by atoms with Crippen molar-refractivity contribution in [3.8, 4) is 5.75 Å². The molecule has 0 aliphatic carbocycles. The van der Waals surface area contributed by atoms with Crippen LogP contribution in [0.4, 0.5) is 0 Å². The van der Waals surface area contributed by atoms with E-state index in [-0.39, 0.29) is 12.5 Å². The molecule has 128 valence electrons. The molecule has 2 N–H and O–H groups in total. The van der Waals surface area contributed by atoms with Crippen molar-refractivity contribution in [2.75, 3.05) is 13.7 Å². The molecule has 2 aromatic rings. The second kappa shape index (κ2) is 6.55. The number of amides is 2. The van der Waals surface area contributed by atoms with Crippen LogP contribution in [-0.4, -0.2) is 41.0 Å². The number of methoxy groups -OCH3 is 1. The van der Waals surface area contributed by atoms with Crippen LogP contribution in [0.1, 0.15) is 19.8 Å². The Morgan fingerprint density at radius 2 is 2.12 bits per heavy atom. The minimum Gasteiger partial charge on any atom is -0.497 e. The van der Waals surface area contributed by atoms with Gasteiger partial charge in [0.1, 0.15) is 18.3 Å². The van der Waals surface area contributed by atoms with Gasteiger partial charge in [-0.25, -0.2) is 0 Å². The van der Waals surface area contributed by atoms with Gasteiger partial charge >= 0.3 is 0 Å². The number of aromatic nitrogens is 1. The van der Waals surface area contributed by atoms with Crippen LogP contribution in [0.15, 0.2) is 30.5 Å². The largest absolute Gasteiger partial charge is 0.497 e. The Kier molecular flexibility index (Phi) is 4.46. The minimum atomic E-state index is -0.497. The van der Waals surface area contributed by atoms with Crippen LogP contribution in [0.25, 0.3) is 10.9 Å². The summed E-state index contributed by atoms with van der Waals surface area (Å²) in [6, 6.07) is 7.20. The molecule has 6 nitrogen and oxygen atoms in total. The third-order valence-electron chi connectivity index (χ3n) is 4.80. The van der Waals surface area contributed by atoms with Gasteiger partial charge < -0.3 is 19.9 Å². The molecular formula is C18H23N3O3. The number of primary amides is 1. The quantitative estimate of drug-likeness (QED) is 0.928. The lowest BCUT2D eigenvalue weighted by molar-refractivity contribution is -0.142. The minimum absolute atomic E-state index is 0.0704. The molecule has 1 aliphatic rings. The number of benzene rings is 1. The summed E-state index contributed by atoms with van der Waals surface area (Å²) in [5, 5.41) is 1.01. The molecule has 1 saturated heterocycles. The number of ether oxygens (including phenoxy) is 1. The fourth-order valence-electron chi connectivity index (χ4n) is 3.39. The van der Waals surface area contributed by atoms with Crippen LogP contribution in [0.3, 0.4) is 0 Å². The van der Waals surface area contributed by atoms with Gasteiger partial charge in [0.05, 0.1) is 7.11 Å². The highest BCUT2D eigenvalue weighted by atomic mass is 16.5. The standard InChI is InChI=1S/C18H23N3O3/c1-12-5-8-21(16(9-12)18(19)23)17(22)11-20-7-6-13-10-14(24-2)3-4-15(13)20/h3-4,6-7,10,12,16H,5,8-9,11H2,1-2H3,(H2,19,23). The van der Waals surface area contributed by atoms with Crippen LogP contribution in [0.5, 0.6) is 5.75 Å². The zero-order valence-corrected chi connectivity index (χ0v) is 14.1. The van der Waals surface area contributed by atoms with Crippen molar-refractivity contribution in [1.82, 2.24) is 9.47 Å². The van der Waals surface area contributed by atoms with Crippen LogP contribution < -0.4 is 10.5 Å². The third kappa shape index (κ3) is 3.09. The summed E-state index contributed by atoms with van der Waals surface area (Å²) in [7, 11) is 1.63. The Bertz CT molecular complexity index is 768. The second-order valence-electron chi connectivity index (χ2n) is 6.50. The Hall–Kier alpha value is -2.50. The molecule has 2 amide bonds. The van der Waals surface area contributed by atoms with Crippen LogP contribution in [-0.2, 0) is 16.1 Å². The van der Waals surface area contributed by atoms with E-state index in [1.54, 1.807) is 12.0 Å². The molecule has 2 unspecified atom stereocenters. The van der Waals surface area contributed by atoms with Crippen LogP contribution in [0, 0.1) is 5.92 Å². The number of carbonyl (C=O) groups excluding carboxylic acids is 2. The van der Waals surface area contributed by atoms with Gasteiger partial charge in [-0.05, 0) is 43.0 Å². The molecule has 0 radical (unpaired) electrons. The topological polar surface area (TPSA) is 77.6 Å². The van der Waals surface area contributed by atoms with Gasteiger partial charge in [-0.3, -0.25) is 9.59 Å². The zero-order chi connectivity index (χ0) is 17.3. The SMILES string of the molecule is COc1ccc2c(ccn2CC(=O)N2CCC(C)CC2C(N)=O)c1. The predicted molar refractivity (Wildman–Crippen MR) is 91.6 cm³/mol. The number of hydrogen-bond acceptors (Lipinski definition) is 3. The Morgan fingerprint density at radius 1 is 1.33 bits per heavy atom. The third-order valence-corrected chi connectivity index (χ3v) is 4.80. The number of piperidine rings is 1. The van der Waals surface area contributed by atoms with Gasteiger partial charge in [-0.2, -0.15) is 0 Å². The Balaban J connectivity index is 1.80. The summed E-state index contributed by atoms with van der Waals surface area (Å²) in [5.74, 6) is 0.702. The van der Waals surface area contributed by atoms with Gasteiger partial charge in [-0.1, -0.05) is 6.92 Å². The van der Waals surface area contributed by atoms with E-state index in [0.717, 1.165) is 23.1 Å². The van der Waals surface area contributed by atoms with Gasteiger partial charge in [0.25, 0.3) is 0 Å². The smallest absolute Gasteiger partial charge is 0.243 e. The van der Waals surface area contributed by atoms with E-state index in [1.807, 2.05) is 35.0 Å². The first-order valence-electron chi connectivity index (χ1n) is 8.21. The van der Waals surface area contributed by atoms with Crippen LogP contribution >= 0.6 is 0 Å². The lowest BCUT2D eigenvalue weighted by atomic mass is 9.92. The van der Waals surface area contributed by atoms with E-state index in [9.17, 15) is 9.59 Å². The molecule has 2 atom stereocenters. The maximum atomic E-state index is 12.7. The highest BCUT2D eigenvalue weighted by molar-refractivity contribution is 5.88. The first-order chi connectivity index (χ1) is 11.5. The van der Waals surface area contributed by atoms with Crippen LogP contribution in [0.2, 0.25) is 0 Å². The molecule has 1 aliphatic heterocycles. The zero-order valence-electron chi connectivity index (χ0n) is 14.1. The highest BCUT2D eigenvalue weighted by Gasteiger charge is 2.33. The summed E-state index contributed by atoms with van der Waals surface area (Å²) < 4.78 is 7.12. The summed E-state index contributed by atoms with van der Waals surface area (Å²) in [6.07, 6.45) is 3.43. The van der Waals surface area contributed by atoms with Crippen molar-refractivity contribution in [2.24, 2.45) is 11.7 Å². The van der Waals surface area contributed by atoms with Gasteiger partial charge in [0.2, 0.25) is 11.8 Å². The normalized spacial score (nSPS) is 21.0. The number of likely N-dealkylation sites (tertiary alicyclic amines) is 1. The van der Waals surface area contributed by atoms with E-state index in [2.05, 4.69) is 6.92 Å². The molecule has 6 heteroatoms. The highest BCUT2D eigenvalue weighted by Crippen LogP contribution is 2.25. The van der Waals surface area contributed by atoms with Crippen molar-refractivity contribution in [3.05, 3.63) is 30.5 Å². The van der Waals surface area contributed by atoms with E-state index in [1.165, 1.54) is 0 Å². The second-order valence-corrected chi connectivity index (χ2v) is 6.50. The first kappa shape index (κ1) is 16.4. The summed E-state index contributed by atoms with van der Waals surface area (Å²) in [6.45, 7) is 2.87. The Labute approximate surface area is 141 Å². The number of hydrogen-bond donors (Lipinski definition) is 1. The van der Waals surface area contributed by atoms with Crippen molar-refractivity contribution in [3.63, 3.8) is 0 Å². The molecule has 1 aromatic heterocycles. The number of carbonyl (C=O) groups is 2. The van der Waals surface area contributed by atoms with Crippen molar-refractivity contribution in [2.45, 2.75) is 32.4 Å². The Morgan fingerprint density at radius 3 is 2.83 bits per heavy atom. The monoisotopic (exact) mass is 329 g/mol. The molecule has 1 aromatic carbocycles. The van der Waals surface area contributed by atoms with Crippen molar-refractivity contribution >= 4 is 22.7 Å². The lowest BCUT2D eigenvalue weighted by Gasteiger charge is -2.36. The predicted octanol–water partition coefficient (Wildman–Crippen LogP) is 1.76. The molecule has 24 heavy (non-hydrogen) atoms. The summed E-state index contributed by atoms with van der Waals surface area (Å²) in [4.78, 5) is 26.1. The molecule has 0 spiro atoms. The molecule has 0 saturated carbocycles. The van der Waals surface area contributed by atoms with E-state index < -0.39 is 11.9 Å². The molecule has 3 rings (SSSR count). The van der Waals surface area contributed by atoms with E-state index in [4.69, 9.17) is 10.5 Å². The fourth-order valence-corrected chi connectivity index (χ4v) is 3.39. The first-order valence-corrected chi connectivity index (χ1v) is 8.21. The summed E-state index contributed by atoms with van der Waals surface area (Å²) >= 11 is 0. The number of nitrogens with zero attached hydrogens (tertiary/aromatic N) is 2. The summed E-state index contributed by atoms with van der Waals surface area (Å²) in [5.41, 5.74) is 6.46. The maximum absolute atomic E-state index is 12.7.